The number of rotatable bonds is 15. The lowest BCUT2D eigenvalue weighted by Gasteiger charge is -2.16. The molecule has 0 aromatic rings. The van der Waals surface area contributed by atoms with Crippen molar-refractivity contribution in [3.63, 3.8) is 0 Å². The van der Waals surface area contributed by atoms with Gasteiger partial charge in [-0.25, -0.2) is 0 Å². The van der Waals surface area contributed by atoms with Crippen LogP contribution in [-0.2, 0) is 0 Å². The molecule has 0 rings (SSSR count). The van der Waals surface area contributed by atoms with Gasteiger partial charge in [-0.05, 0) is 51.1 Å². The van der Waals surface area contributed by atoms with Crippen LogP contribution >= 0.6 is 0 Å². The maximum absolute atomic E-state index is 3.58. The van der Waals surface area contributed by atoms with Gasteiger partial charge in [-0.3, -0.25) is 0 Å². The van der Waals surface area contributed by atoms with Crippen LogP contribution in [-0.4, -0.2) is 25.2 Å². The van der Waals surface area contributed by atoms with Crippen molar-refractivity contribution in [3.05, 3.63) is 0 Å². The Kier molecular flexibility index (Phi) is 14.5. The Morgan fingerprint density at radius 2 is 1.32 bits per heavy atom. The van der Waals surface area contributed by atoms with Crippen molar-refractivity contribution in [2.45, 2.75) is 105 Å². The molecule has 0 aliphatic rings. The molecule has 0 fully saturated rings. The minimum absolute atomic E-state index is 0.596. The average molecular weight is 313 g/mol. The quantitative estimate of drug-likeness (QED) is 0.397. The molecule has 2 unspecified atom stereocenters. The summed E-state index contributed by atoms with van der Waals surface area (Å²) in [4.78, 5) is 0. The Morgan fingerprint density at radius 3 is 1.95 bits per heavy atom. The fourth-order valence-electron chi connectivity index (χ4n) is 3.29. The number of unbranched alkanes of at least 4 members (excludes halogenated alkanes) is 4. The van der Waals surface area contributed by atoms with Crippen LogP contribution in [0.1, 0.15) is 92.9 Å². The second-order valence-electron chi connectivity index (χ2n) is 8.05. The first-order valence-corrected chi connectivity index (χ1v) is 9.88. The van der Waals surface area contributed by atoms with Crippen LogP contribution in [0, 0.1) is 11.8 Å². The van der Waals surface area contributed by atoms with Gasteiger partial charge in [-0.2, -0.15) is 0 Å². The summed E-state index contributed by atoms with van der Waals surface area (Å²) in [7, 11) is 0. The first kappa shape index (κ1) is 21.9. The molecule has 0 spiro atoms. The number of hydrogen-bond acceptors (Lipinski definition) is 2. The third kappa shape index (κ3) is 16.3. The Balaban J connectivity index is 3.21. The molecule has 0 aromatic carbocycles. The molecule has 2 atom stereocenters. The van der Waals surface area contributed by atoms with Crippen molar-refractivity contribution < 1.29 is 0 Å². The fraction of sp³-hybridized carbons (Fsp3) is 1.00. The largest absolute Gasteiger partial charge is 0.317 e. The van der Waals surface area contributed by atoms with E-state index in [1.165, 1.54) is 57.9 Å². The van der Waals surface area contributed by atoms with Gasteiger partial charge >= 0.3 is 0 Å². The molecule has 0 saturated heterocycles. The second kappa shape index (κ2) is 14.5. The predicted octanol–water partition coefficient (Wildman–Crippen LogP) is 5.38. The number of nitrogens with one attached hydrogen (secondary N) is 2. The monoisotopic (exact) mass is 312 g/mol. The predicted molar refractivity (Wildman–Crippen MR) is 102 cm³/mol. The van der Waals surface area contributed by atoms with Gasteiger partial charge in [0, 0.05) is 12.1 Å². The minimum Gasteiger partial charge on any atom is -0.317 e. The molecule has 2 N–H and O–H groups in total. The van der Waals surface area contributed by atoms with E-state index in [0.29, 0.717) is 12.1 Å². The molecule has 0 aliphatic heterocycles. The van der Waals surface area contributed by atoms with Crippen LogP contribution in [0.2, 0.25) is 0 Å². The van der Waals surface area contributed by atoms with E-state index in [1.807, 2.05) is 0 Å². The van der Waals surface area contributed by atoms with Crippen LogP contribution in [0.4, 0.5) is 0 Å². The summed E-state index contributed by atoms with van der Waals surface area (Å²) in [6.07, 6.45) is 11.1. The summed E-state index contributed by atoms with van der Waals surface area (Å²) in [6.45, 7) is 16.1. The lowest BCUT2D eigenvalue weighted by molar-refractivity contribution is 0.397. The molecule has 0 aliphatic carbocycles. The van der Waals surface area contributed by atoms with Crippen LogP contribution in [0.5, 0.6) is 0 Å². The number of hydrogen-bond donors (Lipinski definition) is 2. The van der Waals surface area contributed by atoms with Gasteiger partial charge in [-0.15, -0.1) is 0 Å². The third-order valence-electron chi connectivity index (χ3n) is 4.30. The Morgan fingerprint density at radius 1 is 0.682 bits per heavy atom. The van der Waals surface area contributed by atoms with E-state index in [0.717, 1.165) is 18.4 Å². The van der Waals surface area contributed by atoms with E-state index in [4.69, 9.17) is 0 Å². The summed E-state index contributed by atoms with van der Waals surface area (Å²) < 4.78 is 0. The summed E-state index contributed by atoms with van der Waals surface area (Å²) in [5.74, 6) is 1.78. The van der Waals surface area contributed by atoms with E-state index in [2.05, 4.69) is 52.2 Å². The Bertz CT molecular complexity index is 202. The average Bonchev–Trinajstić information content (AvgIpc) is 2.39. The van der Waals surface area contributed by atoms with Gasteiger partial charge in [0.25, 0.3) is 0 Å². The molecule has 0 saturated carbocycles. The van der Waals surface area contributed by atoms with Gasteiger partial charge in [0.05, 0.1) is 0 Å². The van der Waals surface area contributed by atoms with Crippen molar-refractivity contribution in [1.29, 1.82) is 0 Å². The van der Waals surface area contributed by atoms with E-state index in [1.54, 1.807) is 0 Å². The topological polar surface area (TPSA) is 24.1 Å². The van der Waals surface area contributed by atoms with Gasteiger partial charge < -0.3 is 10.6 Å². The molecule has 0 radical (unpaired) electrons. The molecule has 134 valence electrons. The highest BCUT2D eigenvalue weighted by molar-refractivity contribution is 4.65. The minimum atomic E-state index is 0.596. The highest BCUT2D eigenvalue weighted by Crippen LogP contribution is 2.18. The fourth-order valence-corrected chi connectivity index (χ4v) is 3.29. The van der Waals surface area contributed by atoms with Crippen LogP contribution < -0.4 is 10.6 Å². The Labute approximate surface area is 141 Å². The third-order valence-corrected chi connectivity index (χ3v) is 4.30. The molecular formula is C20H44N2. The summed E-state index contributed by atoms with van der Waals surface area (Å²) in [6, 6.07) is 1.22. The molecule has 0 amide bonds. The highest BCUT2D eigenvalue weighted by atomic mass is 14.9. The maximum atomic E-state index is 3.58. The SMILES string of the molecule is CC(C)CC(C)CCCCCCCNCCC(C)NC(C)C. The zero-order valence-electron chi connectivity index (χ0n) is 16.4. The van der Waals surface area contributed by atoms with E-state index in [9.17, 15) is 0 Å². The van der Waals surface area contributed by atoms with Crippen LogP contribution in [0.25, 0.3) is 0 Å². The van der Waals surface area contributed by atoms with Crippen LogP contribution in [0.3, 0.4) is 0 Å². The summed E-state index contributed by atoms with van der Waals surface area (Å²) in [5.41, 5.74) is 0. The highest BCUT2D eigenvalue weighted by Gasteiger charge is 2.04. The normalized spacial score (nSPS) is 14.7. The molecule has 2 heteroatoms. The van der Waals surface area contributed by atoms with Gasteiger partial charge in [0.15, 0.2) is 0 Å². The Hall–Kier alpha value is -0.0800. The standard InChI is InChI=1S/C20H44N2/c1-17(2)16-19(5)12-10-8-7-9-11-14-21-15-13-20(6)22-18(3)4/h17-22H,7-16H2,1-6H3. The van der Waals surface area contributed by atoms with Crippen molar-refractivity contribution in [2.24, 2.45) is 11.8 Å². The lowest BCUT2D eigenvalue weighted by Crippen LogP contribution is -2.34. The van der Waals surface area contributed by atoms with E-state index < -0.39 is 0 Å². The molecular weight excluding hydrogens is 268 g/mol. The van der Waals surface area contributed by atoms with Crippen molar-refractivity contribution in [2.75, 3.05) is 13.1 Å². The van der Waals surface area contributed by atoms with Gasteiger partial charge in [0.1, 0.15) is 0 Å². The maximum Gasteiger partial charge on any atom is 0.00531 e. The van der Waals surface area contributed by atoms with Crippen molar-refractivity contribution in [3.8, 4) is 0 Å². The van der Waals surface area contributed by atoms with Crippen molar-refractivity contribution >= 4 is 0 Å². The van der Waals surface area contributed by atoms with Gasteiger partial charge in [-0.1, -0.05) is 66.7 Å². The smallest absolute Gasteiger partial charge is 0.00531 e. The van der Waals surface area contributed by atoms with Crippen molar-refractivity contribution in [1.82, 2.24) is 10.6 Å². The van der Waals surface area contributed by atoms with Crippen LogP contribution in [0.15, 0.2) is 0 Å². The summed E-state index contributed by atoms with van der Waals surface area (Å²) >= 11 is 0. The second-order valence-corrected chi connectivity index (χ2v) is 8.05. The zero-order valence-corrected chi connectivity index (χ0v) is 16.4. The molecule has 2 nitrogen and oxygen atoms in total. The molecule has 0 heterocycles. The first-order chi connectivity index (χ1) is 10.4. The molecule has 0 bridgehead atoms. The van der Waals surface area contributed by atoms with Gasteiger partial charge in [0.2, 0.25) is 0 Å². The molecule has 0 aromatic heterocycles. The molecule has 22 heavy (non-hydrogen) atoms. The lowest BCUT2D eigenvalue weighted by atomic mass is 9.93. The van der Waals surface area contributed by atoms with E-state index in [-0.39, 0.29) is 0 Å². The van der Waals surface area contributed by atoms with E-state index >= 15 is 0 Å². The summed E-state index contributed by atoms with van der Waals surface area (Å²) in [5, 5.41) is 7.13. The first-order valence-electron chi connectivity index (χ1n) is 9.88. The zero-order chi connectivity index (χ0) is 16.8.